The van der Waals surface area contributed by atoms with Crippen molar-refractivity contribution in [2.75, 3.05) is 13.1 Å². The van der Waals surface area contributed by atoms with Crippen molar-refractivity contribution in [3.8, 4) is 0 Å². The minimum absolute atomic E-state index is 0.110. The molecule has 3 aliphatic rings. The molecule has 1 N–H and O–H groups in total. The van der Waals surface area contributed by atoms with Gasteiger partial charge in [0.2, 0.25) is 11.8 Å². The number of amides is 4. The molecule has 9 heteroatoms. The Morgan fingerprint density at radius 1 is 1.00 bits per heavy atom. The van der Waals surface area contributed by atoms with Gasteiger partial charge in [-0.1, -0.05) is 11.2 Å². The van der Waals surface area contributed by atoms with E-state index in [2.05, 4.69) is 15.4 Å². The van der Waals surface area contributed by atoms with Crippen LogP contribution in [-0.4, -0.2) is 57.7 Å². The molecule has 0 aliphatic carbocycles. The summed E-state index contributed by atoms with van der Waals surface area (Å²) in [6.45, 7) is 2.49. The molecule has 1 aromatic carbocycles. The van der Waals surface area contributed by atoms with Crippen LogP contribution in [0.3, 0.4) is 0 Å². The molecule has 1 atom stereocenters. The van der Waals surface area contributed by atoms with Gasteiger partial charge in [-0.05, 0) is 50.0 Å². The van der Waals surface area contributed by atoms with Crippen molar-refractivity contribution < 1.29 is 23.7 Å². The molecule has 2 saturated heterocycles. The number of hydrogen-bond donors (Lipinski definition) is 1. The lowest BCUT2D eigenvalue weighted by atomic mass is 9.93. The van der Waals surface area contributed by atoms with Crippen molar-refractivity contribution in [1.29, 1.82) is 0 Å². The van der Waals surface area contributed by atoms with E-state index in [4.69, 9.17) is 4.52 Å². The summed E-state index contributed by atoms with van der Waals surface area (Å²) in [4.78, 5) is 52.7. The van der Waals surface area contributed by atoms with Crippen molar-refractivity contribution in [3.05, 3.63) is 52.9 Å². The van der Waals surface area contributed by atoms with Crippen LogP contribution in [0.1, 0.15) is 63.6 Å². The van der Waals surface area contributed by atoms with E-state index in [0.717, 1.165) is 42.1 Å². The number of rotatable bonds is 4. The van der Waals surface area contributed by atoms with Gasteiger partial charge in [0.25, 0.3) is 11.8 Å². The summed E-state index contributed by atoms with van der Waals surface area (Å²) in [5.41, 5.74) is 2.58. The maximum absolute atomic E-state index is 13.0. The van der Waals surface area contributed by atoms with Crippen LogP contribution in [0, 0.1) is 0 Å². The molecule has 4 heterocycles. The monoisotopic (exact) mass is 422 g/mol. The van der Waals surface area contributed by atoms with Crippen LogP contribution in [0.5, 0.6) is 0 Å². The summed E-state index contributed by atoms with van der Waals surface area (Å²) in [7, 11) is 0. The molecular formula is C22H22N4O5. The lowest BCUT2D eigenvalue weighted by Crippen LogP contribution is -2.54. The highest BCUT2D eigenvalue weighted by Gasteiger charge is 2.44. The number of aromatic nitrogens is 1. The third-order valence-corrected chi connectivity index (χ3v) is 6.37. The molecule has 0 bridgehead atoms. The smallest absolute Gasteiger partial charge is 0.262 e. The van der Waals surface area contributed by atoms with E-state index >= 15 is 0 Å². The number of carbonyl (C=O) groups excluding carboxylic acids is 4. The highest BCUT2D eigenvalue weighted by Crippen LogP contribution is 2.30. The molecule has 9 nitrogen and oxygen atoms in total. The van der Waals surface area contributed by atoms with Crippen LogP contribution in [0.2, 0.25) is 0 Å². The quantitative estimate of drug-likeness (QED) is 0.742. The number of benzene rings is 1. The Labute approximate surface area is 178 Å². The van der Waals surface area contributed by atoms with Gasteiger partial charge in [-0.3, -0.25) is 34.3 Å². The van der Waals surface area contributed by atoms with Crippen LogP contribution >= 0.6 is 0 Å². The van der Waals surface area contributed by atoms with Gasteiger partial charge in [-0.25, -0.2) is 0 Å². The summed E-state index contributed by atoms with van der Waals surface area (Å²) >= 11 is 0. The fraction of sp³-hybridized carbons (Fsp3) is 0.409. The first-order valence-electron chi connectivity index (χ1n) is 10.5. The average Bonchev–Trinajstić information content (AvgIpc) is 3.37. The Kier molecular flexibility index (Phi) is 4.90. The highest BCUT2D eigenvalue weighted by atomic mass is 16.5. The first-order chi connectivity index (χ1) is 15.0. The van der Waals surface area contributed by atoms with E-state index in [0.29, 0.717) is 23.6 Å². The lowest BCUT2D eigenvalue weighted by Gasteiger charge is -2.31. The van der Waals surface area contributed by atoms with Crippen LogP contribution in [0.4, 0.5) is 0 Å². The van der Waals surface area contributed by atoms with Gasteiger partial charge in [-0.15, -0.1) is 0 Å². The Morgan fingerprint density at radius 3 is 2.48 bits per heavy atom. The van der Waals surface area contributed by atoms with E-state index in [1.807, 2.05) is 12.1 Å². The minimum atomic E-state index is -0.941. The van der Waals surface area contributed by atoms with E-state index in [1.54, 1.807) is 18.4 Å². The van der Waals surface area contributed by atoms with Gasteiger partial charge < -0.3 is 4.52 Å². The molecule has 0 spiro atoms. The van der Waals surface area contributed by atoms with Crippen LogP contribution in [0.15, 0.2) is 35.1 Å². The molecule has 4 amide bonds. The SMILES string of the molecule is O=C1CCC(N2C(=O)c3ccc(CN4CCC(c5ccon5)CC4)cc3C2=O)C(=O)N1. The third kappa shape index (κ3) is 3.54. The Balaban J connectivity index is 1.27. The Hall–Kier alpha value is -3.33. The predicted octanol–water partition coefficient (Wildman–Crippen LogP) is 1.46. The number of nitrogens with one attached hydrogen (secondary N) is 1. The molecule has 1 aromatic heterocycles. The van der Waals surface area contributed by atoms with Gasteiger partial charge in [-0.2, -0.15) is 0 Å². The van der Waals surface area contributed by atoms with E-state index in [9.17, 15) is 19.2 Å². The molecule has 0 radical (unpaired) electrons. The summed E-state index contributed by atoms with van der Waals surface area (Å²) in [5.74, 6) is -1.53. The van der Waals surface area contributed by atoms with Crippen molar-refractivity contribution in [3.63, 3.8) is 0 Å². The van der Waals surface area contributed by atoms with Crippen molar-refractivity contribution in [2.24, 2.45) is 0 Å². The zero-order valence-corrected chi connectivity index (χ0v) is 16.9. The molecule has 3 aliphatic heterocycles. The zero-order chi connectivity index (χ0) is 21.5. The molecule has 0 saturated carbocycles. The number of hydrogen-bond acceptors (Lipinski definition) is 7. The number of piperidine rings is 2. The van der Waals surface area contributed by atoms with Gasteiger partial charge >= 0.3 is 0 Å². The Bertz CT molecular complexity index is 1060. The van der Waals surface area contributed by atoms with Gasteiger partial charge in [0.15, 0.2) is 0 Å². The zero-order valence-electron chi connectivity index (χ0n) is 16.9. The Morgan fingerprint density at radius 2 is 1.77 bits per heavy atom. The lowest BCUT2D eigenvalue weighted by molar-refractivity contribution is -0.136. The third-order valence-electron chi connectivity index (χ3n) is 6.37. The van der Waals surface area contributed by atoms with Crippen LogP contribution in [0.25, 0.3) is 0 Å². The number of imide groups is 2. The van der Waals surface area contributed by atoms with E-state index < -0.39 is 23.8 Å². The maximum atomic E-state index is 13.0. The number of fused-ring (bicyclic) bond motifs is 1. The number of carbonyl (C=O) groups is 4. The standard InChI is InChI=1S/C22H22N4O5/c27-19-4-3-18(20(28)23-19)26-21(29)15-2-1-13(11-16(15)22(26)30)12-25-8-5-14(6-9-25)17-7-10-31-24-17/h1-2,7,10-11,14,18H,3-6,8-9,12H2,(H,23,27,28). The fourth-order valence-corrected chi connectivity index (χ4v) is 4.69. The summed E-state index contributed by atoms with van der Waals surface area (Å²) in [6.07, 6.45) is 3.84. The first-order valence-corrected chi connectivity index (χ1v) is 10.5. The van der Waals surface area contributed by atoms with Gasteiger partial charge in [0, 0.05) is 24.9 Å². The normalized spacial score (nSPS) is 22.7. The second-order valence-corrected chi connectivity index (χ2v) is 8.30. The predicted molar refractivity (Wildman–Crippen MR) is 107 cm³/mol. The molecule has 1 unspecified atom stereocenters. The second kappa shape index (κ2) is 7.73. The number of likely N-dealkylation sites (tertiary alicyclic amines) is 1. The van der Waals surface area contributed by atoms with Gasteiger partial charge in [0.05, 0.1) is 16.8 Å². The molecule has 2 fully saturated rings. The van der Waals surface area contributed by atoms with Crippen molar-refractivity contribution in [1.82, 2.24) is 20.3 Å². The molecule has 31 heavy (non-hydrogen) atoms. The molecule has 5 rings (SSSR count). The van der Waals surface area contributed by atoms with Gasteiger partial charge in [0.1, 0.15) is 12.3 Å². The summed E-state index contributed by atoms with van der Waals surface area (Å²) in [5, 5.41) is 6.26. The second-order valence-electron chi connectivity index (χ2n) is 8.30. The van der Waals surface area contributed by atoms with Crippen molar-refractivity contribution >= 4 is 23.6 Å². The van der Waals surface area contributed by atoms with Crippen LogP contribution < -0.4 is 5.32 Å². The minimum Gasteiger partial charge on any atom is -0.365 e. The van der Waals surface area contributed by atoms with E-state index in [1.165, 1.54) is 0 Å². The summed E-state index contributed by atoms with van der Waals surface area (Å²) < 4.78 is 4.95. The van der Waals surface area contributed by atoms with E-state index in [-0.39, 0.29) is 18.7 Å². The maximum Gasteiger partial charge on any atom is 0.262 e. The van der Waals surface area contributed by atoms with Crippen LogP contribution in [-0.2, 0) is 16.1 Å². The topological polar surface area (TPSA) is 113 Å². The average molecular weight is 422 g/mol. The fourth-order valence-electron chi connectivity index (χ4n) is 4.69. The molecule has 2 aromatic rings. The summed E-state index contributed by atoms with van der Waals surface area (Å²) in [6, 6.07) is 6.26. The highest BCUT2D eigenvalue weighted by molar-refractivity contribution is 6.23. The van der Waals surface area contributed by atoms with Crippen molar-refractivity contribution in [2.45, 2.75) is 44.2 Å². The largest absolute Gasteiger partial charge is 0.365 e. The molecule has 160 valence electrons. The number of nitrogens with zero attached hydrogens (tertiary/aromatic N) is 3. The molecular weight excluding hydrogens is 400 g/mol. The first kappa shape index (κ1) is 19.6.